The molecule has 0 aliphatic rings. The van der Waals surface area contributed by atoms with E-state index in [9.17, 15) is 9.90 Å². The van der Waals surface area contributed by atoms with Gasteiger partial charge >= 0.3 is 5.97 Å². The fraction of sp³-hybridized carbons (Fsp3) is 0.500. The topological polar surface area (TPSA) is 84.6 Å². The molecular formula is C14H22N2O3. The predicted molar refractivity (Wildman–Crippen MR) is 74.6 cm³/mol. The average Bonchev–Trinajstić information content (AvgIpc) is 2.34. The number of hydrogen-bond acceptors (Lipinski definition) is 4. The molecule has 0 aromatic heterocycles. The summed E-state index contributed by atoms with van der Waals surface area (Å²) in [5, 5.41) is 11.9. The molecule has 0 amide bonds. The van der Waals surface area contributed by atoms with E-state index in [1.54, 1.807) is 14.2 Å². The second-order valence-electron chi connectivity index (χ2n) is 4.69. The number of aryl methyl sites for hydroxylation is 1. The molecule has 2 atom stereocenters. The Morgan fingerprint density at radius 1 is 1.37 bits per heavy atom. The fourth-order valence-electron chi connectivity index (χ4n) is 2.41. The third-order valence-corrected chi connectivity index (χ3v) is 3.60. The highest BCUT2D eigenvalue weighted by atomic mass is 16.5. The van der Waals surface area contributed by atoms with Crippen LogP contribution in [0.3, 0.4) is 0 Å². The number of rotatable bonds is 5. The molecule has 106 valence electrons. The number of carboxylic acid groups (broad SMARTS) is 1. The van der Waals surface area contributed by atoms with Crippen molar-refractivity contribution in [3.8, 4) is 5.75 Å². The Morgan fingerprint density at radius 3 is 2.37 bits per heavy atom. The van der Waals surface area contributed by atoms with Crippen LogP contribution >= 0.6 is 0 Å². The van der Waals surface area contributed by atoms with E-state index in [-0.39, 0.29) is 0 Å². The standard InChI is InChI=1S/C14H22N2O3/c1-7-6-10(19-5)8(2)9(3)11(7)12(15)13(16-4)14(17)18/h6,12-13,16H,15H2,1-5H3,(H,17,18). The highest BCUT2D eigenvalue weighted by molar-refractivity contribution is 5.75. The molecular weight excluding hydrogens is 244 g/mol. The van der Waals surface area contributed by atoms with Gasteiger partial charge in [-0.25, -0.2) is 0 Å². The molecule has 0 radical (unpaired) electrons. The van der Waals surface area contributed by atoms with Crippen molar-refractivity contribution < 1.29 is 14.6 Å². The Morgan fingerprint density at radius 2 is 1.95 bits per heavy atom. The van der Waals surface area contributed by atoms with Crippen molar-refractivity contribution in [2.75, 3.05) is 14.2 Å². The van der Waals surface area contributed by atoms with Gasteiger partial charge in [-0.1, -0.05) is 0 Å². The number of methoxy groups -OCH3 is 1. The van der Waals surface area contributed by atoms with E-state index >= 15 is 0 Å². The molecule has 5 heteroatoms. The first-order valence-electron chi connectivity index (χ1n) is 6.15. The summed E-state index contributed by atoms with van der Waals surface area (Å²) in [6, 6.07) is 0.476. The van der Waals surface area contributed by atoms with Crippen molar-refractivity contribution in [1.29, 1.82) is 0 Å². The normalized spacial score (nSPS) is 14.0. The maximum absolute atomic E-state index is 11.2. The summed E-state index contributed by atoms with van der Waals surface area (Å²) >= 11 is 0. The molecule has 0 saturated heterocycles. The van der Waals surface area contributed by atoms with Crippen LogP contribution in [-0.4, -0.2) is 31.3 Å². The smallest absolute Gasteiger partial charge is 0.322 e. The lowest BCUT2D eigenvalue weighted by Crippen LogP contribution is -2.43. The summed E-state index contributed by atoms with van der Waals surface area (Å²) < 4.78 is 5.30. The molecule has 0 aliphatic carbocycles. The first-order valence-corrected chi connectivity index (χ1v) is 6.15. The molecule has 0 aliphatic heterocycles. The third-order valence-electron chi connectivity index (χ3n) is 3.60. The zero-order chi connectivity index (χ0) is 14.7. The van der Waals surface area contributed by atoms with Crippen LogP contribution in [-0.2, 0) is 4.79 Å². The van der Waals surface area contributed by atoms with Crippen molar-refractivity contribution in [3.63, 3.8) is 0 Å². The van der Waals surface area contributed by atoms with Crippen molar-refractivity contribution in [1.82, 2.24) is 5.32 Å². The molecule has 2 unspecified atom stereocenters. The maximum atomic E-state index is 11.2. The molecule has 0 heterocycles. The Balaban J connectivity index is 3.35. The van der Waals surface area contributed by atoms with Gasteiger partial charge in [-0.3, -0.25) is 4.79 Å². The minimum Gasteiger partial charge on any atom is -0.496 e. The van der Waals surface area contributed by atoms with E-state index < -0.39 is 18.1 Å². The molecule has 19 heavy (non-hydrogen) atoms. The Bertz CT molecular complexity index is 486. The number of likely N-dealkylation sites (N-methyl/N-ethyl adjacent to an activating group) is 1. The van der Waals surface area contributed by atoms with Gasteiger partial charge < -0.3 is 20.9 Å². The fourth-order valence-corrected chi connectivity index (χ4v) is 2.41. The predicted octanol–water partition coefficient (Wildman–Crippen LogP) is 1.29. The van der Waals surface area contributed by atoms with Gasteiger partial charge in [0.05, 0.1) is 13.2 Å². The number of carboxylic acids is 1. The Hall–Kier alpha value is -1.59. The summed E-state index contributed by atoms with van der Waals surface area (Å²) in [5.74, 6) is -0.162. The van der Waals surface area contributed by atoms with Crippen molar-refractivity contribution in [3.05, 3.63) is 28.3 Å². The molecule has 0 bridgehead atoms. The number of carbonyl (C=O) groups is 1. The van der Waals surface area contributed by atoms with Gasteiger partial charge in [0.2, 0.25) is 0 Å². The minimum atomic E-state index is -0.956. The summed E-state index contributed by atoms with van der Waals surface area (Å²) in [7, 11) is 3.22. The SMILES string of the molecule is CNC(C(=O)O)C(N)c1c(C)cc(OC)c(C)c1C. The quantitative estimate of drug-likeness (QED) is 0.748. The van der Waals surface area contributed by atoms with Gasteiger partial charge in [-0.15, -0.1) is 0 Å². The van der Waals surface area contributed by atoms with Crippen LogP contribution in [0.25, 0.3) is 0 Å². The van der Waals surface area contributed by atoms with E-state index in [0.717, 1.165) is 28.0 Å². The van der Waals surface area contributed by atoms with Gasteiger partial charge in [-0.05, 0) is 56.1 Å². The van der Waals surface area contributed by atoms with Crippen LogP contribution < -0.4 is 15.8 Å². The van der Waals surface area contributed by atoms with Gasteiger partial charge in [-0.2, -0.15) is 0 Å². The molecule has 1 aromatic carbocycles. The van der Waals surface area contributed by atoms with Crippen molar-refractivity contribution >= 4 is 5.97 Å². The molecule has 0 saturated carbocycles. The second-order valence-corrected chi connectivity index (χ2v) is 4.69. The van der Waals surface area contributed by atoms with E-state index in [0.29, 0.717) is 0 Å². The first-order chi connectivity index (χ1) is 8.84. The maximum Gasteiger partial charge on any atom is 0.322 e. The number of hydrogen-bond donors (Lipinski definition) is 3. The van der Waals surface area contributed by atoms with Crippen LogP contribution in [0.2, 0.25) is 0 Å². The minimum absolute atomic E-state index is 0.605. The highest BCUT2D eigenvalue weighted by Gasteiger charge is 2.28. The zero-order valence-electron chi connectivity index (χ0n) is 12.1. The third kappa shape index (κ3) is 2.88. The summed E-state index contributed by atoms with van der Waals surface area (Å²) in [5.41, 5.74) is 9.89. The van der Waals surface area contributed by atoms with E-state index in [2.05, 4.69) is 5.32 Å². The average molecular weight is 266 g/mol. The van der Waals surface area contributed by atoms with E-state index in [1.807, 2.05) is 26.8 Å². The number of aliphatic carboxylic acids is 1. The van der Waals surface area contributed by atoms with Gasteiger partial charge in [0.25, 0.3) is 0 Å². The van der Waals surface area contributed by atoms with Gasteiger partial charge in [0.1, 0.15) is 11.8 Å². The summed E-state index contributed by atoms with van der Waals surface area (Å²) in [6.07, 6.45) is 0. The van der Waals surface area contributed by atoms with E-state index in [4.69, 9.17) is 10.5 Å². The monoisotopic (exact) mass is 266 g/mol. The first kappa shape index (κ1) is 15.5. The largest absolute Gasteiger partial charge is 0.496 e. The summed E-state index contributed by atoms with van der Waals surface area (Å²) in [4.78, 5) is 11.2. The number of benzene rings is 1. The summed E-state index contributed by atoms with van der Waals surface area (Å²) in [6.45, 7) is 5.80. The van der Waals surface area contributed by atoms with Crippen LogP contribution in [0, 0.1) is 20.8 Å². The lowest BCUT2D eigenvalue weighted by atomic mass is 9.89. The van der Waals surface area contributed by atoms with Gasteiger partial charge in [0.15, 0.2) is 0 Å². The van der Waals surface area contributed by atoms with Gasteiger partial charge in [0, 0.05) is 0 Å². The molecule has 0 spiro atoms. The van der Waals surface area contributed by atoms with Crippen LogP contribution in [0.4, 0.5) is 0 Å². The molecule has 5 nitrogen and oxygen atoms in total. The Kier molecular flexibility index (Phi) is 4.91. The van der Waals surface area contributed by atoms with Crippen LogP contribution in [0.15, 0.2) is 6.07 Å². The second kappa shape index (κ2) is 6.04. The van der Waals surface area contributed by atoms with Crippen molar-refractivity contribution in [2.24, 2.45) is 5.73 Å². The lowest BCUT2D eigenvalue weighted by molar-refractivity contribution is -0.139. The number of ether oxygens (including phenoxy) is 1. The van der Waals surface area contributed by atoms with Crippen LogP contribution in [0.1, 0.15) is 28.3 Å². The lowest BCUT2D eigenvalue weighted by Gasteiger charge is -2.25. The number of nitrogens with one attached hydrogen (secondary N) is 1. The molecule has 1 rings (SSSR count). The Labute approximate surface area is 113 Å². The molecule has 1 aromatic rings. The van der Waals surface area contributed by atoms with Crippen molar-refractivity contribution in [2.45, 2.75) is 32.9 Å². The number of nitrogens with two attached hydrogens (primary N) is 1. The zero-order valence-corrected chi connectivity index (χ0v) is 12.1. The molecule has 0 fully saturated rings. The van der Waals surface area contributed by atoms with E-state index in [1.165, 1.54) is 0 Å². The van der Waals surface area contributed by atoms with Crippen LogP contribution in [0.5, 0.6) is 5.75 Å². The highest BCUT2D eigenvalue weighted by Crippen LogP contribution is 2.31. The molecule has 4 N–H and O–H groups in total.